The predicted octanol–water partition coefficient (Wildman–Crippen LogP) is 3.49. The van der Waals surface area contributed by atoms with Gasteiger partial charge >= 0.3 is 0 Å². The molecule has 1 heterocycles. The maximum absolute atomic E-state index is 9.64. The van der Waals surface area contributed by atoms with E-state index in [1.54, 1.807) is 19.2 Å². The van der Waals surface area contributed by atoms with Crippen molar-refractivity contribution in [3.05, 3.63) is 53.7 Å². The summed E-state index contributed by atoms with van der Waals surface area (Å²) >= 11 is 0. The molecule has 0 spiro atoms. The Hall–Kier alpha value is -1.87. The fourth-order valence-electron chi connectivity index (χ4n) is 1.71. The van der Waals surface area contributed by atoms with Gasteiger partial charge in [-0.3, -0.25) is 0 Å². The van der Waals surface area contributed by atoms with Crippen molar-refractivity contribution in [1.82, 2.24) is 4.98 Å². The van der Waals surface area contributed by atoms with E-state index >= 15 is 0 Å². The molecule has 0 fully saturated rings. The van der Waals surface area contributed by atoms with Gasteiger partial charge < -0.3 is 9.84 Å². The van der Waals surface area contributed by atoms with Gasteiger partial charge in [0.1, 0.15) is 5.75 Å². The van der Waals surface area contributed by atoms with Gasteiger partial charge in [-0.15, -0.1) is 0 Å². The molecule has 3 nitrogen and oxygen atoms in total. The number of nitrogens with zero attached hydrogens (tertiary/aromatic N) is 1. The maximum Gasteiger partial charge on any atom is 0.225 e. The standard InChI is InChI=1S/C15H17NO2/c1-3-12-6-8-13(9-7-12)18-15-14(11(2)17)5-4-10-16-15/h4-11,17H,3H2,1-2H3/t11-/m1/s1. The maximum atomic E-state index is 9.64. The predicted molar refractivity (Wildman–Crippen MR) is 70.8 cm³/mol. The molecule has 3 heteroatoms. The molecule has 0 unspecified atom stereocenters. The molecule has 1 N–H and O–H groups in total. The molecule has 0 radical (unpaired) electrons. The molecule has 0 aliphatic carbocycles. The molecule has 2 rings (SSSR count). The molecule has 18 heavy (non-hydrogen) atoms. The van der Waals surface area contributed by atoms with Crippen LogP contribution in [-0.4, -0.2) is 10.1 Å². The van der Waals surface area contributed by atoms with E-state index in [9.17, 15) is 5.11 Å². The lowest BCUT2D eigenvalue weighted by Crippen LogP contribution is -1.98. The Morgan fingerprint density at radius 2 is 1.94 bits per heavy atom. The van der Waals surface area contributed by atoms with Crippen LogP contribution in [0, 0.1) is 0 Å². The van der Waals surface area contributed by atoms with E-state index in [-0.39, 0.29) is 0 Å². The van der Waals surface area contributed by atoms with E-state index in [0.717, 1.165) is 12.2 Å². The number of aryl methyl sites for hydroxylation is 1. The molecule has 0 aliphatic heterocycles. The Bertz CT molecular complexity index is 506. The Morgan fingerprint density at radius 3 is 2.56 bits per heavy atom. The minimum atomic E-state index is -0.594. The summed E-state index contributed by atoms with van der Waals surface area (Å²) in [5, 5.41) is 9.64. The Labute approximate surface area is 107 Å². The van der Waals surface area contributed by atoms with E-state index in [1.165, 1.54) is 5.56 Å². The van der Waals surface area contributed by atoms with E-state index in [4.69, 9.17) is 4.74 Å². The lowest BCUT2D eigenvalue weighted by molar-refractivity contribution is 0.194. The fourth-order valence-corrected chi connectivity index (χ4v) is 1.71. The van der Waals surface area contributed by atoms with Gasteiger partial charge in [-0.05, 0) is 43.2 Å². The van der Waals surface area contributed by atoms with E-state index in [0.29, 0.717) is 11.4 Å². The van der Waals surface area contributed by atoms with Gasteiger partial charge in [0.2, 0.25) is 5.88 Å². The molecule has 0 amide bonds. The summed E-state index contributed by atoms with van der Waals surface area (Å²) in [6.45, 7) is 3.81. The molecule has 1 aromatic heterocycles. The average Bonchev–Trinajstić information content (AvgIpc) is 2.40. The lowest BCUT2D eigenvalue weighted by Gasteiger charge is -2.11. The monoisotopic (exact) mass is 243 g/mol. The molecule has 1 aromatic carbocycles. The number of aromatic nitrogens is 1. The number of hydrogen-bond acceptors (Lipinski definition) is 3. The third-order valence-electron chi connectivity index (χ3n) is 2.80. The van der Waals surface area contributed by atoms with Crippen LogP contribution >= 0.6 is 0 Å². The van der Waals surface area contributed by atoms with Crippen molar-refractivity contribution in [2.75, 3.05) is 0 Å². The zero-order valence-electron chi connectivity index (χ0n) is 10.6. The summed E-state index contributed by atoms with van der Waals surface area (Å²) < 4.78 is 5.70. The quantitative estimate of drug-likeness (QED) is 0.893. The third-order valence-corrected chi connectivity index (χ3v) is 2.80. The topological polar surface area (TPSA) is 42.4 Å². The van der Waals surface area contributed by atoms with E-state index in [2.05, 4.69) is 11.9 Å². The molecule has 94 valence electrons. The molecular weight excluding hydrogens is 226 g/mol. The highest BCUT2D eigenvalue weighted by Gasteiger charge is 2.10. The number of hydrogen-bond donors (Lipinski definition) is 1. The van der Waals surface area contributed by atoms with Crippen LogP contribution in [0.1, 0.15) is 31.1 Å². The van der Waals surface area contributed by atoms with Crippen LogP contribution in [-0.2, 0) is 6.42 Å². The minimum absolute atomic E-state index is 0.455. The number of rotatable bonds is 4. The Morgan fingerprint density at radius 1 is 1.22 bits per heavy atom. The van der Waals surface area contributed by atoms with Gasteiger partial charge in [0.05, 0.1) is 6.10 Å². The van der Waals surface area contributed by atoms with Crippen molar-refractivity contribution >= 4 is 0 Å². The summed E-state index contributed by atoms with van der Waals surface area (Å²) in [4.78, 5) is 4.16. The molecule has 0 saturated carbocycles. The second-order valence-electron chi connectivity index (χ2n) is 4.17. The first-order valence-corrected chi connectivity index (χ1v) is 6.10. The minimum Gasteiger partial charge on any atom is -0.439 e. The molecule has 0 aliphatic rings. The molecule has 0 bridgehead atoms. The average molecular weight is 243 g/mol. The summed E-state index contributed by atoms with van der Waals surface area (Å²) in [6.07, 6.45) is 2.06. The van der Waals surface area contributed by atoms with Crippen molar-refractivity contribution in [2.24, 2.45) is 0 Å². The summed E-state index contributed by atoms with van der Waals surface area (Å²) in [6, 6.07) is 11.5. The van der Waals surface area contributed by atoms with Gasteiger partial charge in [0, 0.05) is 11.8 Å². The lowest BCUT2D eigenvalue weighted by atomic mass is 10.1. The van der Waals surface area contributed by atoms with Gasteiger partial charge in [-0.25, -0.2) is 4.98 Å². The number of benzene rings is 1. The Balaban J connectivity index is 2.22. The highest BCUT2D eigenvalue weighted by molar-refractivity contribution is 5.34. The van der Waals surface area contributed by atoms with Crippen LogP contribution in [0.5, 0.6) is 11.6 Å². The first-order valence-electron chi connectivity index (χ1n) is 6.10. The summed E-state index contributed by atoms with van der Waals surface area (Å²) in [5.41, 5.74) is 1.95. The normalized spacial score (nSPS) is 12.2. The molecule has 2 aromatic rings. The number of aliphatic hydroxyl groups is 1. The van der Waals surface area contributed by atoms with Crippen LogP contribution in [0.25, 0.3) is 0 Å². The van der Waals surface area contributed by atoms with Gasteiger partial charge in [0.15, 0.2) is 0 Å². The van der Waals surface area contributed by atoms with Crippen LogP contribution in [0.2, 0.25) is 0 Å². The van der Waals surface area contributed by atoms with E-state index in [1.807, 2.05) is 30.3 Å². The fraction of sp³-hybridized carbons (Fsp3) is 0.267. The van der Waals surface area contributed by atoms with Crippen LogP contribution in [0.15, 0.2) is 42.6 Å². The van der Waals surface area contributed by atoms with Crippen LogP contribution in [0.4, 0.5) is 0 Å². The first-order chi connectivity index (χ1) is 8.70. The number of aliphatic hydroxyl groups excluding tert-OH is 1. The van der Waals surface area contributed by atoms with Crippen molar-refractivity contribution < 1.29 is 9.84 Å². The third kappa shape index (κ3) is 2.87. The largest absolute Gasteiger partial charge is 0.439 e. The number of pyridine rings is 1. The molecular formula is C15H17NO2. The highest BCUT2D eigenvalue weighted by Crippen LogP contribution is 2.27. The van der Waals surface area contributed by atoms with Gasteiger partial charge in [-0.2, -0.15) is 0 Å². The second kappa shape index (κ2) is 5.65. The van der Waals surface area contributed by atoms with Crippen molar-refractivity contribution in [1.29, 1.82) is 0 Å². The van der Waals surface area contributed by atoms with Crippen LogP contribution in [0.3, 0.4) is 0 Å². The van der Waals surface area contributed by atoms with Gasteiger partial charge in [-0.1, -0.05) is 19.1 Å². The molecule has 1 atom stereocenters. The second-order valence-corrected chi connectivity index (χ2v) is 4.17. The summed E-state index contributed by atoms with van der Waals surface area (Å²) in [7, 11) is 0. The van der Waals surface area contributed by atoms with E-state index < -0.39 is 6.10 Å². The van der Waals surface area contributed by atoms with Crippen molar-refractivity contribution in [2.45, 2.75) is 26.4 Å². The zero-order valence-corrected chi connectivity index (χ0v) is 10.6. The summed E-state index contributed by atoms with van der Waals surface area (Å²) in [5.74, 6) is 1.18. The number of ether oxygens (including phenoxy) is 1. The highest BCUT2D eigenvalue weighted by atomic mass is 16.5. The first kappa shape index (κ1) is 12.6. The van der Waals surface area contributed by atoms with Crippen LogP contribution < -0.4 is 4.74 Å². The Kier molecular flexibility index (Phi) is 3.95. The SMILES string of the molecule is CCc1ccc(Oc2ncccc2[C@@H](C)O)cc1. The smallest absolute Gasteiger partial charge is 0.225 e. The zero-order chi connectivity index (χ0) is 13.0. The van der Waals surface area contributed by atoms with Gasteiger partial charge in [0.25, 0.3) is 0 Å². The molecule has 0 saturated heterocycles. The van der Waals surface area contributed by atoms with Crippen molar-refractivity contribution in [3.8, 4) is 11.6 Å². The van der Waals surface area contributed by atoms with Crippen molar-refractivity contribution in [3.63, 3.8) is 0 Å².